The first-order chi connectivity index (χ1) is 13.5. The SMILES string of the molecule is COc1ccc(OC(C)C(=O)OCC(=O)Nc2ccccc2SCC#N)cc1. The molecule has 1 amide bonds. The van der Waals surface area contributed by atoms with Gasteiger partial charge in [-0.15, -0.1) is 11.8 Å². The fraction of sp³-hybridized carbons (Fsp3) is 0.250. The Kier molecular flexibility index (Phi) is 8.18. The summed E-state index contributed by atoms with van der Waals surface area (Å²) in [6.07, 6.45) is -0.875. The summed E-state index contributed by atoms with van der Waals surface area (Å²) in [5.41, 5.74) is 0.561. The van der Waals surface area contributed by atoms with Crippen molar-refractivity contribution in [3.8, 4) is 17.6 Å². The fourth-order valence-electron chi connectivity index (χ4n) is 2.15. The summed E-state index contributed by atoms with van der Waals surface area (Å²) in [5, 5.41) is 11.4. The molecule has 0 heterocycles. The van der Waals surface area contributed by atoms with Gasteiger partial charge in [0.1, 0.15) is 11.5 Å². The molecule has 0 aliphatic heterocycles. The second-order valence-corrected chi connectivity index (χ2v) is 6.55. The standard InChI is InChI=1S/C20H20N2O5S/c1-14(27-16-9-7-15(25-2)8-10-16)20(24)26-13-19(23)22-17-5-3-4-6-18(17)28-12-11-21/h3-10,14H,12-13H2,1-2H3,(H,22,23). The molecule has 1 unspecified atom stereocenters. The number of rotatable bonds is 9. The predicted octanol–water partition coefficient (Wildman–Crippen LogP) is 3.26. The van der Waals surface area contributed by atoms with Crippen LogP contribution >= 0.6 is 11.8 Å². The third-order valence-corrected chi connectivity index (χ3v) is 4.44. The molecule has 0 fully saturated rings. The molecule has 0 aliphatic carbocycles. The zero-order valence-corrected chi connectivity index (χ0v) is 16.3. The van der Waals surface area contributed by atoms with E-state index in [1.807, 2.05) is 12.1 Å². The van der Waals surface area contributed by atoms with Gasteiger partial charge >= 0.3 is 5.97 Å². The summed E-state index contributed by atoms with van der Waals surface area (Å²) in [6.45, 7) is 1.10. The molecule has 0 saturated heterocycles. The number of hydrogen-bond acceptors (Lipinski definition) is 7. The quantitative estimate of drug-likeness (QED) is 0.510. The van der Waals surface area contributed by atoms with Gasteiger partial charge in [0.15, 0.2) is 12.7 Å². The van der Waals surface area contributed by atoms with Crippen molar-refractivity contribution >= 4 is 29.3 Å². The molecular weight excluding hydrogens is 380 g/mol. The van der Waals surface area contributed by atoms with Gasteiger partial charge in [-0.1, -0.05) is 12.1 Å². The Bertz CT molecular complexity index is 848. The maximum Gasteiger partial charge on any atom is 0.347 e. The third kappa shape index (κ3) is 6.52. The highest BCUT2D eigenvalue weighted by molar-refractivity contribution is 7.99. The summed E-state index contributed by atoms with van der Waals surface area (Å²) in [7, 11) is 1.56. The molecule has 0 aliphatic rings. The van der Waals surface area contributed by atoms with Gasteiger partial charge in [0.25, 0.3) is 5.91 Å². The van der Waals surface area contributed by atoms with Gasteiger partial charge in [0, 0.05) is 4.90 Å². The lowest BCUT2D eigenvalue weighted by Crippen LogP contribution is -2.29. The molecule has 0 spiro atoms. The van der Waals surface area contributed by atoms with Crippen molar-refractivity contribution in [2.45, 2.75) is 17.9 Å². The van der Waals surface area contributed by atoms with Crippen LogP contribution in [-0.2, 0) is 14.3 Å². The van der Waals surface area contributed by atoms with E-state index in [9.17, 15) is 9.59 Å². The third-order valence-electron chi connectivity index (χ3n) is 3.50. The van der Waals surface area contributed by atoms with E-state index in [0.29, 0.717) is 17.2 Å². The van der Waals surface area contributed by atoms with Crippen LogP contribution < -0.4 is 14.8 Å². The fourth-order valence-corrected chi connectivity index (χ4v) is 2.82. The van der Waals surface area contributed by atoms with Crippen molar-refractivity contribution in [3.63, 3.8) is 0 Å². The number of ether oxygens (including phenoxy) is 3. The van der Waals surface area contributed by atoms with Crippen molar-refractivity contribution in [2.75, 3.05) is 24.8 Å². The second-order valence-electron chi connectivity index (χ2n) is 5.53. The number of amides is 1. The number of esters is 1. The summed E-state index contributed by atoms with van der Waals surface area (Å²) < 4.78 is 15.6. The monoisotopic (exact) mass is 400 g/mol. The maximum atomic E-state index is 12.1. The van der Waals surface area contributed by atoms with E-state index in [1.165, 1.54) is 18.7 Å². The number of methoxy groups -OCH3 is 1. The van der Waals surface area contributed by atoms with Gasteiger partial charge in [-0.2, -0.15) is 5.26 Å². The largest absolute Gasteiger partial charge is 0.497 e. The molecule has 0 bridgehead atoms. The molecule has 28 heavy (non-hydrogen) atoms. The van der Waals surface area contributed by atoms with Gasteiger partial charge in [0.05, 0.1) is 24.6 Å². The van der Waals surface area contributed by atoms with E-state index in [0.717, 1.165) is 4.90 Å². The minimum Gasteiger partial charge on any atom is -0.497 e. The molecule has 0 saturated carbocycles. The zero-order chi connectivity index (χ0) is 20.4. The van der Waals surface area contributed by atoms with Crippen molar-refractivity contribution in [3.05, 3.63) is 48.5 Å². The molecule has 146 valence electrons. The molecule has 7 nitrogen and oxygen atoms in total. The van der Waals surface area contributed by atoms with Crippen molar-refractivity contribution in [1.82, 2.24) is 0 Å². The van der Waals surface area contributed by atoms with Gasteiger partial charge in [-0.25, -0.2) is 4.79 Å². The van der Waals surface area contributed by atoms with Gasteiger partial charge in [-0.3, -0.25) is 4.79 Å². The topological polar surface area (TPSA) is 97.7 Å². The molecular formula is C20H20N2O5S. The molecule has 1 N–H and O–H groups in total. The molecule has 2 aromatic carbocycles. The van der Waals surface area contributed by atoms with Crippen LogP contribution in [0.2, 0.25) is 0 Å². The second kappa shape index (κ2) is 10.8. The van der Waals surface area contributed by atoms with Crippen LogP contribution in [0.25, 0.3) is 0 Å². The van der Waals surface area contributed by atoms with Crippen molar-refractivity contribution < 1.29 is 23.8 Å². The number of carbonyl (C=O) groups excluding carboxylic acids is 2. The van der Waals surface area contributed by atoms with E-state index < -0.39 is 24.6 Å². The Balaban J connectivity index is 1.83. The highest BCUT2D eigenvalue weighted by Gasteiger charge is 2.18. The Morgan fingerprint density at radius 1 is 1.14 bits per heavy atom. The van der Waals surface area contributed by atoms with E-state index in [1.54, 1.807) is 49.6 Å². The zero-order valence-electron chi connectivity index (χ0n) is 15.5. The number of anilines is 1. The average Bonchev–Trinajstić information content (AvgIpc) is 2.71. The lowest BCUT2D eigenvalue weighted by molar-refractivity contribution is -0.153. The lowest BCUT2D eigenvalue weighted by atomic mass is 10.3. The van der Waals surface area contributed by atoms with E-state index in [4.69, 9.17) is 19.5 Å². The summed E-state index contributed by atoms with van der Waals surface area (Å²) in [5.74, 6) is 0.293. The number of para-hydroxylation sites is 1. The first kappa shape index (κ1) is 21.1. The van der Waals surface area contributed by atoms with Crippen molar-refractivity contribution in [1.29, 1.82) is 5.26 Å². The Morgan fingerprint density at radius 3 is 2.50 bits per heavy atom. The van der Waals surface area contributed by atoms with Crippen LogP contribution in [0.1, 0.15) is 6.92 Å². The van der Waals surface area contributed by atoms with Crippen molar-refractivity contribution in [2.24, 2.45) is 0 Å². The van der Waals surface area contributed by atoms with Gasteiger partial charge in [-0.05, 0) is 43.3 Å². The molecule has 0 aromatic heterocycles. The molecule has 0 radical (unpaired) electrons. The van der Waals surface area contributed by atoms with Crippen LogP contribution in [0, 0.1) is 11.3 Å². The maximum absolute atomic E-state index is 12.1. The minimum absolute atomic E-state index is 0.266. The van der Waals surface area contributed by atoms with Crippen LogP contribution in [-0.4, -0.2) is 37.4 Å². The highest BCUT2D eigenvalue weighted by atomic mass is 32.2. The Labute approximate surface area is 167 Å². The molecule has 2 aromatic rings. The molecule has 2 rings (SSSR count). The number of nitriles is 1. The van der Waals surface area contributed by atoms with Crippen LogP contribution in [0.15, 0.2) is 53.4 Å². The number of thioether (sulfide) groups is 1. The predicted molar refractivity (Wildman–Crippen MR) is 105 cm³/mol. The smallest absolute Gasteiger partial charge is 0.347 e. The summed E-state index contributed by atoms with van der Waals surface area (Å²) in [6, 6.07) is 15.9. The molecule has 1 atom stereocenters. The lowest BCUT2D eigenvalue weighted by Gasteiger charge is -2.14. The van der Waals surface area contributed by atoms with E-state index in [-0.39, 0.29) is 5.75 Å². The van der Waals surface area contributed by atoms with Crippen LogP contribution in [0.4, 0.5) is 5.69 Å². The first-order valence-electron chi connectivity index (χ1n) is 8.39. The number of carbonyl (C=O) groups is 2. The number of hydrogen-bond donors (Lipinski definition) is 1. The van der Waals surface area contributed by atoms with Crippen LogP contribution in [0.3, 0.4) is 0 Å². The van der Waals surface area contributed by atoms with E-state index in [2.05, 4.69) is 5.32 Å². The first-order valence-corrected chi connectivity index (χ1v) is 9.38. The molecule has 8 heteroatoms. The van der Waals surface area contributed by atoms with Crippen LogP contribution in [0.5, 0.6) is 11.5 Å². The van der Waals surface area contributed by atoms with Gasteiger partial charge < -0.3 is 19.5 Å². The number of nitrogens with zero attached hydrogens (tertiary/aromatic N) is 1. The average molecular weight is 400 g/mol. The van der Waals surface area contributed by atoms with E-state index >= 15 is 0 Å². The Morgan fingerprint density at radius 2 is 1.82 bits per heavy atom. The summed E-state index contributed by atoms with van der Waals surface area (Å²) >= 11 is 1.31. The normalized spacial score (nSPS) is 11.0. The van der Waals surface area contributed by atoms with Gasteiger partial charge in [0.2, 0.25) is 0 Å². The number of benzene rings is 2. The highest BCUT2D eigenvalue weighted by Crippen LogP contribution is 2.26. The summed E-state index contributed by atoms with van der Waals surface area (Å²) in [4.78, 5) is 24.9. The number of nitrogens with one attached hydrogen (secondary N) is 1. The Hall–Kier alpha value is -3.18. The minimum atomic E-state index is -0.875.